The summed E-state index contributed by atoms with van der Waals surface area (Å²) in [7, 11) is 0. The van der Waals surface area contributed by atoms with Crippen molar-refractivity contribution in [1.82, 2.24) is 25.0 Å². The normalized spacial score (nSPS) is 18.5. The van der Waals surface area contributed by atoms with Crippen molar-refractivity contribution in [3.8, 4) is 5.69 Å². The first kappa shape index (κ1) is 19.7. The third kappa shape index (κ3) is 3.97. The maximum Gasteiger partial charge on any atom is 0.272 e. The second-order valence-corrected chi connectivity index (χ2v) is 6.57. The van der Waals surface area contributed by atoms with Crippen LogP contribution in [0.1, 0.15) is 29.8 Å². The summed E-state index contributed by atoms with van der Waals surface area (Å²) in [6, 6.07) is 5.54. The van der Waals surface area contributed by atoms with Gasteiger partial charge < -0.3 is 10.2 Å². The first-order valence-electron chi connectivity index (χ1n) is 8.22. The first-order chi connectivity index (χ1) is 11.3. The van der Waals surface area contributed by atoms with Crippen molar-refractivity contribution >= 4 is 30.7 Å². The lowest BCUT2D eigenvalue weighted by Gasteiger charge is -2.38. The topological polar surface area (TPSA) is 63.1 Å². The second kappa shape index (κ2) is 8.17. The number of likely N-dealkylation sites (tertiary alicyclic amines) is 1. The Bertz CT molecular complexity index is 691. The van der Waals surface area contributed by atoms with Crippen molar-refractivity contribution in [3.05, 3.63) is 42.5 Å². The molecule has 0 saturated carbocycles. The highest BCUT2D eigenvalue weighted by atomic mass is 35.5. The summed E-state index contributed by atoms with van der Waals surface area (Å²) in [6.07, 6.45) is 8.68. The molecule has 0 radical (unpaired) electrons. The predicted octanol–water partition coefficient (Wildman–Crippen LogP) is 2.33. The number of piperidine rings is 1. The highest BCUT2D eigenvalue weighted by molar-refractivity contribution is 5.92. The number of amides is 1. The maximum absolute atomic E-state index is 12.7. The van der Waals surface area contributed by atoms with Gasteiger partial charge in [-0.1, -0.05) is 0 Å². The van der Waals surface area contributed by atoms with Crippen LogP contribution in [-0.4, -0.2) is 51.8 Å². The number of nitrogens with one attached hydrogen (secondary N) is 1. The monoisotopic (exact) mass is 383 g/mol. The molecule has 0 bridgehead atoms. The molecule has 2 aliphatic rings. The van der Waals surface area contributed by atoms with Crippen LogP contribution < -0.4 is 5.32 Å². The van der Waals surface area contributed by atoms with Crippen LogP contribution in [0, 0.1) is 5.41 Å². The number of carbonyl (C=O) groups excluding carboxylic acids is 1. The molecule has 0 atom stereocenters. The molecule has 2 fully saturated rings. The number of pyridine rings is 1. The smallest absolute Gasteiger partial charge is 0.272 e. The summed E-state index contributed by atoms with van der Waals surface area (Å²) in [5.41, 5.74) is 1.78. The Labute approximate surface area is 159 Å². The molecule has 2 aromatic rings. The predicted molar refractivity (Wildman–Crippen MR) is 101 cm³/mol. The summed E-state index contributed by atoms with van der Waals surface area (Å²) in [5.74, 6) is 0.0276. The molecule has 0 aromatic carbocycles. The van der Waals surface area contributed by atoms with Gasteiger partial charge in [0.1, 0.15) is 5.69 Å². The first-order valence-corrected chi connectivity index (χ1v) is 8.22. The van der Waals surface area contributed by atoms with Gasteiger partial charge in [-0.05, 0) is 49.4 Å². The van der Waals surface area contributed by atoms with E-state index in [1.54, 1.807) is 17.1 Å². The summed E-state index contributed by atoms with van der Waals surface area (Å²) in [6.45, 7) is 3.87. The summed E-state index contributed by atoms with van der Waals surface area (Å²) in [5, 5.41) is 7.66. The quantitative estimate of drug-likeness (QED) is 0.864. The van der Waals surface area contributed by atoms with Gasteiger partial charge in [0.25, 0.3) is 5.91 Å². The number of nitrogens with zero attached hydrogens (tertiary/aromatic N) is 4. The highest BCUT2D eigenvalue weighted by Crippen LogP contribution is 2.37. The molecular weight excluding hydrogens is 361 g/mol. The van der Waals surface area contributed by atoms with E-state index in [1.165, 1.54) is 6.42 Å². The van der Waals surface area contributed by atoms with Gasteiger partial charge in [-0.3, -0.25) is 9.78 Å². The van der Waals surface area contributed by atoms with Crippen LogP contribution in [0.15, 0.2) is 36.8 Å². The zero-order valence-corrected chi connectivity index (χ0v) is 15.6. The third-order valence-corrected chi connectivity index (χ3v) is 5.18. The molecule has 0 unspecified atom stereocenters. The summed E-state index contributed by atoms with van der Waals surface area (Å²) < 4.78 is 1.74. The number of hydrogen-bond donors (Lipinski definition) is 1. The Balaban J connectivity index is 0.00000113. The van der Waals surface area contributed by atoms with E-state index in [2.05, 4.69) is 15.4 Å². The number of rotatable bonds is 2. The van der Waals surface area contributed by atoms with Crippen molar-refractivity contribution in [2.24, 2.45) is 5.41 Å². The molecule has 4 rings (SSSR count). The minimum Gasteiger partial charge on any atom is -0.337 e. The van der Waals surface area contributed by atoms with E-state index in [9.17, 15) is 4.79 Å². The number of halogens is 2. The minimum atomic E-state index is 0. The number of carbonyl (C=O) groups is 1. The van der Waals surface area contributed by atoms with E-state index < -0.39 is 0 Å². The molecule has 4 heterocycles. The van der Waals surface area contributed by atoms with Crippen LogP contribution in [0.3, 0.4) is 0 Å². The fourth-order valence-electron chi connectivity index (χ4n) is 3.67. The number of aromatic nitrogens is 3. The van der Waals surface area contributed by atoms with E-state index in [0.717, 1.165) is 44.7 Å². The van der Waals surface area contributed by atoms with E-state index in [0.29, 0.717) is 11.1 Å². The maximum atomic E-state index is 12.7. The molecular formula is C17H23Cl2N5O. The van der Waals surface area contributed by atoms with Crippen LogP contribution in [0.5, 0.6) is 0 Å². The molecule has 1 spiro atoms. The third-order valence-electron chi connectivity index (χ3n) is 5.18. The van der Waals surface area contributed by atoms with Gasteiger partial charge in [0.05, 0.1) is 5.69 Å². The average molecular weight is 384 g/mol. The molecule has 136 valence electrons. The Kier molecular flexibility index (Phi) is 6.43. The number of hydrogen-bond acceptors (Lipinski definition) is 4. The van der Waals surface area contributed by atoms with Gasteiger partial charge in [-0.15, -0.1) is 24.8 Å². The lowest BCUT2D eigenvalue weighted by Crippen LogP contribution is -2.44. The van der Waals surface area contributed by atoms with Gasteiger partial charge in [0, 0.05) is 38.2 Å². The van der Waals surface area contributed by atoms with Gasteiger partial charge in [-0.25, -0.2) is 4.68 Å². The van der Waals surface area contributed by atoms with Gasteiger partial charge >= 0.3 is 0 Å². The molecule has 0 aliphatic carbocycles. The molecule has 2 saturated heterocycles. The highest BCUT2D eigenvalue weighted by Gasteiger charge is 2.38. The molecule has 1 amide bonds. The zero-order chi connectivity index (χ0) is 15.7. The van der Waals surface area contributed by atoms with Crippen molar-refractivity contribution in [1.29, 1.82) is 0 Å². The molecule has 6 nitrogen and oxygen atoms in total. The Morgan fingerprint density at radius 3 is 2.60 bits per heavy atom. The summed E-state index contributed by atoms with van der Waals surface area (Å²) >= 11 is 0. The van der Waals surface area contributed by atoms with Crippen molar-refractivity contribution < 1.29 is 4.79 Å². The van der Waals surface area contributed by atoms with E-state index in [1.807, 2.05) is 29.3 Å². The van der Waals surface area contributed by atoms with Crippen molar-refractivity contribution in [2.75, 3.05) is 26.2 Å². The van der Waals surface area contributed by atoms with E-state index in [-0.39, 0.29) is 30.7 Å². The van der Waals surface area contributed by atoms with Crippen LogP contribution >= 0.6 is 24.8 Å². The van der Waals surface area contributed by atoms with E-state index in [4.69, 9.17) is 0 Å². The fraction of sp³-hybridized carbons (Fsp3) is 0.471. The second-order valence-electron chi connectivity index (χ2n) is 6.57. The average Bonchev–Trinajstić information content (AvgIpc) is 3.28. The largest absolute Gasteiger partial charge is 0.337 e. The Hall–Kier alpha value is -1.63. The van der Waals surface area contributed by atoms with Crippen molar-refractivity contribution in [2.45, 2.75) is 19.3 Å². The van der Waals surface area contributed by atoms with Gasteiger partial charge in [0.15, 0.2) is 0 Å². The molecule has 25 heavy (non-hydrogen) atoms. The molecule has 2 aliphatic heterocycles. The van der Waals surface area contributed by atoms with Gasteiger partial charge in [-0.2, -0.15) is 5.10 Å². The summed E-state index contributed by atoms with van der Waals surface area (Å²) in [4.78, 5) is 19.0. The standard InChI is InChI=1S/C17H21N5O.2ClH/c23-16(21-10-4-17(5-11-21)3-8-18-13-17)15-12-14(2-7-19-15)22-9-1-6-20-22;;/h1-2,6-7,9,12,18H,3-5,8,10-11,13H2;2*1H. The Morgan fingerprint density at radius 1 is 1.16 bits per heavy atom. The van der Waals surface area contributed by atoms with E-state index >= 15 is 0 Å². The zero-order valence-electron chi connectivity index (χ0n) is 13.9. The lowest BCUT2D eigenvalue weighted by molar-refractivity contribution is 0.0602. The lowest BCUT2D eigenvalue weighted by atomic mass is 9.78. The molecule has 2 aromatic heterocycles. The molecule has 1 N–H and O–H groups in total. The van der Waals surface area contributed by atoms with Crippen LogP contribution in [0.25, 0.3) is 5.69 Å². The minimum absolute atomic E-state index is 0. The van der Waals surface area contributed by atoms with Crippen molar-refractivity contribution in [3.63, 3.8) is 0 Å². The van der Waals surface area contributed by atoms with Crippen LogP contribution in [0.4, 0.5) is 0 Å². The SMILES string of the molecule is Cl.Cl.O=C(c1cc(-n2cccn2)ccn1)N1CCC2(CCNC2)CC1. The van der Waals surface area contributed by atoms with Gasteiger partial charge in [0.2, 0.25) is 0 Å². The Morgan fingerprint density at radius 2 is 1.96 bits per heavy atom. The molecule has 8 heteroatoms. The van der Waals surface area contributed by atoms with Crippen LogP contribution in [0.2, 0.25) is 0 Å². The fourth-order valence-corrected chi connectivity index (χ4v) is 3.67. The van der Waals surface area contributed by atoms with Crippen LogP contribution in [-0.2, 0) is 0 Å².